The fourth-order valence-electron chi connectivity index (χ4n) is 2.35. The predicted octanol–water partition coefficient (Wildman–Crippen LogP) is 2.95. The molecule has 0 bridgehead atoms. The van der Waals surface area contributed by atoms with Gasteiger partial charge in [0.05, 0.1) is 18.4 Å². The predicted molar refractivity (Wildman–Crippen MR) is 90.0 cm³/mol. The number of alkyl halides is 3. The number of benzene rings is 1. The van der Waals surface area contributed by atoms with Crippen molar-refractivity contribution < 1.29 is 22.4 Å². The molecule has 9 heteroatoms. The molecule has 3 rings (SSSR count). The smallest absolute Gasteiger partial charge is 0.416 e. The number of carbonyl (C=O) groups excluding carboxylic acids is 1. The Morgan fingerprint density at radius 3 is 2.48 bits per heavy atom. The number of nitrogens with one attached hydrogen (secondary N) is 1. The molecular formula is C18H14F3N3O3. The first-order valence-corrected chi connectivity index (χ1v) is 7.92. The van der Waals surface area contributed by atoms with Gasteiger partial charge in [0.2, 0.25) is 0 Å². The minimum absolute atomic E-state index is 0.0777. The van der Waals surface area contributed by atoms with Crippen molar-refractivity contribution >= 4 is 5.91 Å². The number of amides is 1. The SMILES string of the molecule is O=C(NCCn1nc(-c2ccco2)ccc1=O)c1ccc(C(F)(F)F)cc1. The molecule has 0 aliphatic rings. The second-order valence-electron chi connectivity index (χ2n) is 5.59. The van der Waals surface area contributed by atoms with Crippen molar-refractivity contribution in [1.82, 2.24) is 15.1 Å². The summed E-state index contributed by atoms with van der Waals surface area (Å²) in [4.78, 5) is 23.9. The molecule has 3 aromatic rings. The largest absolute Gasteiger partial charge is 0.463 e. The number of furan rings is 1. The van der Waals surface area contributed by atoms with Crippen molar-refractivity contribution in [3.05, 3.63) is 76.3 Å². The molecule has 0 spiro atoms. The number of rotatable bonds is 5. The average molecular weight is 377 g/mol. The monoisotopic (exact) mass is 377 g/mol. The summed E-state index contributed by atoms with van der Waals surface area (Å²) in [6, 6.07) is 10.1. The highest BCUT2D eigenvalue weighted by molar-refractivity contribution is 5.94. The zero-order chi connectivity index (χ0) is 19.4. The van der Waals surface area contributed by atoms with Gasteiger partial charge < -0.3 is 9.73 Å². The summed E-state index contributed by atoms with van der Waals surface area (Å²) in [7, 11) is 0. The molecule has 0 saturated heterocycles. The van der Waals surface area contributed by atoms with Gasteiger partial charge in [-0.2, -0.15) is 18.3 Å². The Bertz CT molecular complexity index is 978. The Labute approximate surface area is 151 Å². The molecule has 2 aromatic heterocycles. The van der Waals surface area contributed by atoms with Gasteiger partial charge in [-0.3, -0.25) is 9.59 Å². The molecule has 0 unspecified atom stereocenters. The fraction of sp³-hybridized carbons (Fsp3) is 0.167. The molecule has 1 N–H and O–H groups in total. The van der Waals surface area contributed by atoms with Crippen molar-refractivity contribution in [3.63, 3.8) is 0 Å². The van der Waals surface area contributed by atoms with E-state index >= 15 is 0 Å². The maximum Gasteiger partial charge on any atom is 0.416 e. The first-order valence-electron chi connectivity index (χ1n) is 7.92. The number of hydrogen-bond acceptors (Lipinski definition) is 4. The van der Waals surface area contributed by atoms with E-state index in [1.165, 1.54) is 23.1 Å². The van der Waals surface area contributed by atoms with Gasteiger partial charge in [0, 0.05) is 18.2 Å². The second-order valence-corrected chi connectivity index (χ2v) is 5.59. The molecular weight excluding hydrogens is 363 g/mol. The van der Waals surface area contributed by atoms with Gasteiger partial charge in [0.25, 0.3) is 11.5 Å². The quantitative estimate of drug-likeness (QED) is 0.742. The second kappa shape index (κ2) is 7.48. The Kier molecular flexibility index (Phi) is 5.11. The fourth-order valence-corrected chi connectivity index (χ4v) is 2.35. The van der Waals surface area contributed by atoms with E-state index in [1.54, 1.807) is 12.1 Å². The number of carbonyl (C=O) groups is 1. The molecule has 27 heavy (non-hydrogen) atoms. The van der Waals surface area contributed by atoms with Crippen LogP contribution >= 0.6 is 0 Å². The Morgan fingerprint density at radius 2 is 1.85 bits per heavy atom. The summed E-state index contributed by atoms with van der Waals surface area (Å²) in [6.07, 6.45) is -2.97. The van der Waals surface area contributed by atoms with Crippen LogP contribution in [0.2, 0.25) is 0 Å². The van der Waals surface area contributed by atoms with Crippen LogP contribution in [-0.2, 0) is 12.7 Å². The minimum atomic E-state index is -4.46. The van der Waals surface area contributed by atoms with Crippen LogP contribution in [0, 0.1) is 0 Å². The summed E-state index contributed by atoms with van der Waals surface area (Å²) in [5.41, 5.74) is -0.625. The minimum Gasteiger partial charge on any atom is -0.463 e. The molecule has 0 aliphatic carbocycles. The first kappa shape index (κ1) is 18.4. The molecule has 0 radical (unpaired) electrons. The normalized spacial score (nSPS) is 11.4. The topological polar surface area (TPSA) is 77.1 Å². The molecule has 0 aliphatic heterocycles. The van der Waals surface area contributed by atoms with Crippen LogP contribution in [0.3, 0.4) is 0 Å². The third kappa shape index (κ3) is 4.43. The highest BCUT2D eigenvalue weighted by Crippen LogP contribution is 2.29. The molecule has 0 saturated carbocycles. The summed E-state index contributed by atoms with van der Waals surface area (Å²) in [5.74, 6) is -0.0449. The summed E-state index contributed by atoms with van der Waals surface area (Å²) in [5, 5.41) is 6.70. The van der Waals surface area contributed by atoms with Gasteiger partial charge in [-0.1, -0.05) is 0 Å². The van der Waals surface area contributed by atoms with Gasteiger partial charge in [-0.05, 0) is 42.5 Å². The summed E-state index contributed by atoms with van der Waals surface area (Å²) in [6.45, 7) is 0.175. The van der Waals surface area contributed by atoms with Gasteiger partial charge in [0.1, 0.15) is 5.69 Å². The third-order valence-electron chi connectivity index (χ3n) is 3.72. The van der Waals surface area contributed by atoms with E-state index in [2.05, 4.69) is 10.4 Å². The van der Waals surface area contributed by atoms with Crippen LogP contribution in [0.15, 0.2) is 64.0 Å². The molecule has 0 fully saturated rings. The van der Waals surface area contributed by atoms with E-state index in [0.29, 0.717) is 11.5 Å². The number of aromatic nitrogens is 2. The number of nitrogens with zero attached hydrogens (tertiary/aromatic N) is 2. The van der Waals surface area contributed by atoms with Crippen molar-refractivity contribution in [3.8, 4) is 11.5 Å². The maximum atomic E-state index is 12.5. The van der Waals surface area contributed by atoms with E-state index in [-0.39, 0.29) is 24.2 Å². The van der Waals surface area contributed by atoms with E-state index in [9.17, 15) is 22.8 Å². The van der Waals surface area contributed by atoms with E-state index in [4.69, 9.17) is 4.42 Å². The van der Waals surface area contributed by atoms with E-state index in [0.717, 1.165) is 24.3 Å². The molecule has 6 nitrogen and oxygen atoms in total. The Balaban J connectivity index is 1.62. The third-order valence-corrected chi connectivity index (χ3v) is 3.72. The summed E-state index contributed by atoms with van der Waals surface area (Å²) < 4.78 is 44.0. The lowest BCUT2D eigenvalue weighted by molar-refractivity contribution is -0.137. The lowest BCUT2D eigenvalue weighted by Gasteiger charge is -2.09. The number of hydrogen-bond donors (Lipinski definition) is 1. The van der Waals surface area contributed by atoms with Crippen LogP contribution in [0.4, 0.5) is 13.2 Å². The lowest BCUT2D eigenvalue weighted by Crippen LogP contribution is -2.32. The van der Waals surface area contributed by atoms with Gasteiger partial charge in [-0.25, -0.2) is 4.68 Å². The van der Waals surface area contributed by atoms with Crippen molar-refractivity contribution in [1.29, 1.82) is 0 Å². The van der Waals surface area contributed by atoms with E-state index in [1.807, 2.05) is 0 Å². The van der Waals surface area contributed by atoms with Crippen molar-refractivity contribution in [2.24, 2.45) is 0 Å². The van der Waals surface area contributed by atoms with Gasteiger partial charge >= 0.3 is 6.18 Å². The van der Waals surface area contributed by atoms with Crippen LogP contribution in [0.1, 0.15) is 15.9 Å². The molecule has 140 valence electrons. The standard InChI is InChI=1S/C18H14F3N3O3/c19-18(20,21)13-5-3-12(4-6-13)17(26)22-9-10-24-16(25)8-7-14(23-24)15-2-1-11-27-15/h1-8,11H,9-10H2,(H,22,26). The first-order chi connectivity index (χ1) is 12.8. The highest BCUT2D eigenvalue weighted by Gasteiger charge is 2.30. The van der Waals surface area contributed by atoms with Crippen LogP contribution < -0.4 is 10.9 Å². The Morgan fingerprint density at radius 1 is 1.11 bits per heavy atom. The molecule has 0 atom stereocenters. The van der Waals surface area contributed by atoms with Crippen molar-refractivity contribution in [2.75, 3.05) is 6.54 Å². The number of halogens is 3. The van der Waals surface area contributed by atoms with Crippen LogP contribution in [-0.4, -0.2) is 22.2 Å². The molecule has 1 aromatic carbocycles. The molecule has 1 amide bonds. The van der Waals surface area contributed by atoms with E-state index < -0.39 is 17.6 Å². The van der Waals surface area contributed by atoms with Crippen LogP contribution in [0.25, 0.3) is 11.5 Å². The van der Waals surface area contributed by atoms with Gasteiger partial charge in [0.15, 0.2) is 5.76 Å². The zero-order valence-corrected chi connectivity index (χ0v) is 13.9. The highest BCUT2D eigenvalue weighted by atomic mass is 19.4. The maximum absolute atomic E-state index is 12.5. The van der Waals surface area contributed by atoms with Gasteiger partial charge in [-0.15, -0.1) is 0 Å². The van der Waals surface area contributed by atoms with Crippen LogP contribution in [0.5, 0.6) is 0 Å². The Hall–Kier alpha value is -3.36. The summed E-state index contributed by atoms with van der Waals surface area (Å²) >= 11 is 0. The zero-order valence-electron chi connectivity index (χ0n) is 13.9. The molecule has 2 heterocycles. The lowest BCUT2D eigenvalue weighted by atomic mass is 10.1. The average Bonchev–Trinajstić information content (AvgIpc) is 3.17. The van der Waals surface area contributed by atoms with Crippen molar-refractivity contribution in [2.45, 2.75) is 12.7 Å².